The van der Waals surface area contributed by atoms with Crippen LogP contribution in [0.15, 0.2) is 179 Å². The van der Waals surface area contributed by atoms with Gasteiger partial charge in [-0.25, -0.2) is 0 Å². The molecule has 11 aromatic rings. The first-order valence-corrected chi connectivity index (χ1v) is 20.4. The number of methoxy groups -OCH3 is 4. The maximum absolute atomic E-state index is 6.87. The molecule has 9 aromatic carbocycles. The van der Waals surface area contributed by atoms with Gasteiger partial charge in [-0.15, -0.1) is 0 Å². The van der Waals surface area contributed by atoms with Gasteiger partial charge in [0.1, 0.15) is 11.2 Å². The lowest BCUT2D eigenvalue weighted by Gasteiger charge is -2.26. The van der Waals surface area contributed by atoms with Gasteiger partial charge in [0.15, 0.2) is 34.2 Å². The van der Waals surface area contributed by atoms with Gasteiger partial charge in [-0.05, 0) is 120 Å². The number of rotatable bonds is 10. The molecule has 0 aliphatic heterocycles. The van der Waals surface area contributed by atoms with Crippen LogP contribution in [0.2, 0.25) is 0 Å². The third-order valence-corrected chi connectivity index (χ3v) is 11.8. The van der Waals surface area contributed by atoms with Crippen molar-refractivity contribution in [3.63, 3.8) is 0 Å². The quantitative estimate of drug-likeness (QED) is 0.135. The van der Waals surface area contributed by atoms with Crippen LogP contribution >= 0.6 is 0 Å². The number of para-hydroxylation sites is 2. The molecule has 0 radical (unpaired) electrons. The van der Waals surface area contributed by atoms with E-state index in [-0.39, 0.29) is 0 Å². The average Bonchev–Trinajstić information content (AvgIpc) is 3.91. The zero-order valence-corrected chi connectivity index (χ0v) is 34.5. The number of fused-ring (bicyclic) bond motifs is 11. The molecular formula is C54H40N2O6. The Bertz CT molecular complexity index is 3250. The molecule has 0 bridgehead atoms. The van der Waals surface area contributed by atoms with Gasteiger partial charge in [-0.1, -0.05) is 48.5 Å². The van der Waals surface area contributed by atoms with Gasteiger partial charge in [-0.3, -0.25) is 0 Å². The number of furan rings is 2. The molecule has 0 fully saturated rings. The maximum Gasteiger partial charge on any atom is 0.178 e. The lowest BCUT2D eigenvalue weighted by atomic mass is 10.0. The Morgan fingerprint density at radius 2 is 0.629 bits per heavy atom. The second-order valence-corrected chi connectivity index (χ2v) is 15.1. The molecule has 2 heterocycles. The van der Waals surface area contributed by atoms with Crippen molar-refractivity contribution < 1.29 is 27.8 Å². The van der Waals surface area contributed by atoms with Crippen LogP contribution in [0.3, 0.4) is 0 Å². The molecule has 2 aromatic heterocycles. The molecule has 0 amide bonds. The standard InChI is InChI=1S/C54H40N2O6/c1-57-47-27-19-39(31-49(47)59-3)55(35-11-7-5-8-12-35)37-17-23-41-33(29-37)15-21-43-45-25-26-46-44-22-16-34-30-38(18-24-42(34)52(44)62-54(46)53(45)61-51(41)43)56(36-13-9-6-10-14-36)40-20-28-48(58-2)50(32-40)60-4/h5-32H,1-4H3. The summed E-state index contributed by atoms with van der Waals surface area (Å²) >= 11 is 0. The summed E-state index contributed by atoms with van der Waals surface area (Å²) in [5.74, 6) is 2.67. The van der Waals surface area contributed by atoms with E-state index in [1.807, 2.05) is 72.8 Å². The molecule has 62 heavy (non-hydrogen) atoms. The third-order valence-electron chi connectivity index (χ3n) is 11.8. The predicted octanol–water partition coefficient (Wildman–Crippen LogP) is 14.8. The fourth-order valence-electron chi connectivity index (χ4n) is 8.87. The minimum atomic E-state index is 0.658. The normalized spacial score (nSPS) is 11.5. The monoisotopic (exact) mass is 812 g/mol. The first-order chi connectivity index (χ1) is 30.5. The Labute approximate surface area is 357 Å². The van der Waals surface area contributed by atoms with Crippen molar-refractivity contribution in [1.82, 2.24) is 0 Å². The fraction of sp³-hybridized carbons (Fsp3) is 0.0741. The Kier molecular flexibility index (Phi) is 8.86. The van der Waals surface area contributed by atoms with E-state index in [1.54, 1.807) is 28.4 Å². The second-order valence-electron chi connectivity index (χ2n) is 15.1. The molecule has 0 N–H and O–H groups in total. The lowest BCUT2D eigenvalue weighted by molar-refractivity contribution is 0.355. The second kappa shape index (κ2) is 14.9. The highest BCUT2D eigenvalue weighted by atomic mass is 16.5. The van der Waals surface area contributed by atoms with Crippen LogP contribution in [-0.4, -0.2) is 28.4 Å². The van der Waals surface area contributed by atoms with E-state index in [9.17, 15) is 0 Å². The number of benzene rings is 9. The highest BCUT2D eigenvalue weighted by molar-refractivity contribution is 6.24. The van der Waals surface area contributed by atoms with E-state index < -0.39 is 0 Å². The zero-order chi connectivity index (χ0) is 41.9. The Morgan fingerprint density at radius 1 is 0.290 bits per heavy atom. The molecule has 0 unspecified atom stereocenters. The molecule has 0 atom stereocenters. The van der Waals surface area contributed by atoms with Crippen molar-refractivity contribution in [2.75, 3.05) is 38.2 Å². The smallest absolute Gasteiger partial charge is 0.178 e. The highest BCUT2D eigenvalue weighted by Gasteiger charge is 2.22. The minimum absolute atomic E-state index is 0.658. The summed E-state index contributed by atoms with van der Waals surface area (Å²) in [4.78, 5) is 4.43. The molecular weight excluding hydrogens is 773 g/mol. The van der Waals surface area contributed by atoms with Gasteiger partial charge in [-0.2, -0.15) is 0 Å². The van der Waals surface area contributed by atoms with E-state index in [0.29, 0.717) is 23.0 Å². The van der Waals surface area contributed by atoms with Gasteiger partial charge in [0.25, 0.3) is 0 Å². The molecule has 8 nitrogen and oxygen atoms in total. The molecule has 8 heteroatoms. The van der Waals surface area contributed by atoms with Crippen molar-refractivity contribution in [2.45, 2.75) is 0 Å². The van der Waals surface area contributed by atoms with Crippen LogP contribution in [-0.2, 0) is 0 Å². The zero-order valence-electron chi connectivity index (χ0n) is 34.5. The lowest BCUT2D eigenvalue weighted by Crippen LogP contribution is -2.10. The maximum atomic E-state index is 6.87. The number of hydrogen-bond donors (Lipinski definition) is 0. The minimum Gasteiger partial charge on any atom is -0.493 e. The fourth-order valence-corrected chi connectivity index (χ4v) is 8.87. The summed E-state index contributed by atoms with van der Waals surface area (Å²) in [5, 5.41) is 8.22. The first-order valence-electron chi connectivity index (χ1n) is 20.4. The third kappa shape index (κ3) is 5.91. The van der Waals surface area contributed by atoms with Crippen LogP contribution in [0.25, 0.3) is 65.4 Å². The Hall–Kier alpha value is -8.10. The predicted molar refractivity (Wildman–Crippen MR) is 252 cm³/mol. The van der Waals surface area contributed by atoms with Crippen LogP contribution in [0.4, 0.5) is 34.1 Å². The number of nitrogens with zero attached hydrogens (tertiary/aromatic N) is 2. The van der Waals surface area contributed by atoms with E-state index in [1.165, 1.54) is 0 Å². The summed E-state index contributed by atoms with van der Waals surface area (Å²) < 4.78 is 36.2. The van der Waals surface area contributed by atoms with Gasteiger partial charge in [0, 0.05) is 67.2 Å². The molecule has 302 valence electrons. The van der Waals surface area contributed by atoms with E-state index >= 15 is 0 Å². The average molecular weight is 813 g/mol. The first kappa shape index (κ1) is 36.9. The van der Waals surface area contributed by atoms with Gasteiger partial charge in [0.2, 0.25) is 0 Å². The summed E-state index contributed by atoms with van der Waals surface area (Å²) in [6.07, 6.45) is 0. The van der Waals surface area contributed by atoms with E-state index in [2.05, 4.69) is 107 Å². The summed E-state index contributed by atoms with van der Waals surface area (Å²) in [7, 11) is 6.61. The van der Waals surface area contributed by atoms with Crippen LogP contribution in [0.5, 0.6) is 23.0 Å². The highest BCUT2D eigenvalue weighted by Crippen LogP contribution is 2.46. The molecule has 0 spiro atoms. The van der Waals surface area contributed by atoms with Crippen molar-refractivity contribution in [3.05, 3.63) is 170 Å². The Morgan fingerprint density at radius 3 is 1.03 bits per heavy atom. The van der Waals surface area contributed by atoms with Crippen molar-refractivity contribution in [2.24, 2.45) is 0 Å². The summed E-state index contributed by atoms with van der Waals surface area (Å²) in [5.41, 5.74) is 9.03. The van der Waals surface area contributed by atoms with Gasteiger partial charge < -0.3 is 37.6 Å². The van der Waals surface area contributed by atoms with Crippen molar-refractivity contribution in [3.8, 4) is 23.0 Å². The van der Waals surface area contributed by atoms with Crippen LogP contribution in [0.1, 0.15) is 0 Å². The Balaban J connectivity index is 1.02. The summed E-state index contributed by atoms with van der Waals surface area (Å²) in [6.45, 7) is 0. The van der Waals surface area contributed by atoms with Crippen LogP contribution < -0.4 is 28.7 Å². The number of hydrogen-bond acceptors (Lipinski definition) is 8. The van der Waals surface area contributed by atoms with Crippen LogP contribution in [0, 0.1) is 0 Å². The van der Waals surface area contributed by atoms with E-state index in [4.69, 9.17) is 27.8 Å². The van der Waals surface area contributed by atoms with Crippen molar-refractivity contribution >= 4 is 99.5 Å². The SMILES string of the molecule is COc1ccc(N(c2ccccc2)c2ccc3c(ccc4c5ccc6c7ccc8cc(N(c9ccccc9)c9ccc(OC)c(OC)c9)ccc8c7oc6c5oc34)c2)cc1OC. The number of ether oxygens (including phenoxy) is 4. The molecule has 0 saturated carbocycles. The van der Waals surface area contributed by atoms with Gasteiger partial charge in [0.05, 0.1) is 39.8 Å². The van der Waals surface area contributed by atoms with Gasteiger partial charge >= 0.3 is 0 Å². The molecule has 0 aliphatic rings. The molecule has 0 aliphatic carbocycles. The topological polar surface area (TPSA) is 69.7 Å². The molecule has 0 saturated heterocycles. The summed E-state index contributed by atoms with van der Waals surface area (Å²) in [6, 6.07) is 58.5. The molecule has 11 rings (SSSR count). The van der Waals surface area contributed by atoms with E-state index in [0.717, 1.165) is 99.5 Å². The largest absolute Gasteiger partial charge is 0.493 e. The van der Waals surface area contributed by atoms with Crippen molar-refractivity contribution in [1.29, 1.82) is 0 Å². The number of anilines is 6.